The molecule has 1 heterocycles. The maximum absolute atomic E-state index is 13.0. The molecule has 1 aromatic rings. The second kappa shape index (κ2) is 13.9. The number of carbonyl (C=O) groups is 1. The van der Waals surface area contributed by atoms with Crippen LogP contribution < -0.4 is 4.74 Å². The minimum absolute atomic E-state index is 0.106. The zero-order chi connectivity index (χ0) is 21.8. The Morgan fingerprint density at radius 3 is 2.70 bits per heavy atom. The molecule has 0 bridgehead atoms. The summed E-state index contributed by atoms with van der Waals surface area (Å²) in [7, 11) is 3.13. The monoisotopic (exact) mass is 440 g/mol. The molecule has 1 atom stereocenters. The Hall–Kier alpha value is -1.35. The van der Waals surface area contributed by atoms with Gasteiger partial charge in [0, 0.05) is 32.2 Å². The summed E-state index contributed by atoms with van der Waals surface area (Å²) in [6, 6.07) is 3.73. The van der Waals surface area contributed by atoms with E-state index in [4.69, 9.17) is 18.9 Å². The van der Waals surface area contributed by atoms with Crippen molar-refractivity contribution < 1.29 is 23.7 Å². The average molecular weight is 441 g/mol. The van der Waals surface area contributed by atoms with E-state index in [9.17, 15) is 4.79 Å². The number of methoxy groups -OCH3 is 2. The zero-order valence-electron chi connectivity index (χ0n) is 18.7. The lowest BCUT2D eigenvalue weighted by Gasteiger charge is -2.30. The number of rotatable bonds is 13. The lowest BCUT2D eigenvalue weighted by Crippen LogP contribution is -2.45. The van der Waals surface area contributed by atoms with E-state index in [0.717, 1.165) is 30.3 Å². The first-order valence-electron chi connectivity index (χ1n) is 10.7. The van der Waals surface area contributed by atoms with Crippen LogP contribution in [0.5, 0.6) is 5.75 Å². The molecule has 0 spiro atoms. The summed E-state index contributed by atoms with van der Waals surface area (Å²) in [5.41, 5.74) is 0.677. The van der Waals surface area contributed by atoms with Gasteiger partial charge < -0.3 is 18.9 Å². The van der Waals surface area contributed by atoms with Crippen molar-refractivity contribution in [3.63, 3.8) is 0 Å². The van der Waals surface area contributed by atoms with Gasteiger partial charge in [-0.25, -0.2) is 0 Å². The normalized spacial score (nSPS) is 20.0. The molecule has 30 heavy (non-hydrogen) atoms. The molecule has 0 unspecified atom stereocenters. The molecule has 1 aromatic heterocycles. The Morgan fingerprint density at radius 1 is 1.27 bits per heavy atom. The van der Waals surface area contributed by atoms with Gasteiger partial charge in [-0.15, -0.1) is 0 Å². The molecular weight excluding hydrogens is 404 g/mol. The third-order valence-corrected chi connectivity index (χ3v) is 6.09. The van der Waals surface area contributed by atoms with Gasteiger partial charge in [-0.05, 0) is 43.4 Å². The van der Waals surface area contributed by atoms with Gasteiger partial charge in [0.1, 0.15) is 25.5 Å². The summed E-state index contributed by atoms with van der Waals surface area (Å²) in [6.07, 6.45) is 6.24. The van der Waals surface area contributed by atoms with Crippen LogP contribution in [-0.2, 0) is 25.4 Å². The van der Waals surface area contributed by atoms with E-state index >= 15 is 0 Å². The van der Waals surface area contributed by atoms with Crippen LogP contribution in [0.2, 0.25) is 0 Å². The summed E-state index contributed by atoms with van der Waals surface area (Å²) in [4.78, 5) is 19.0. The van der Waals surface area contributed by atoms with Crippen molar-refractivity contribution in [1.82, 2.24) is 9.88 Å². The molecule has 7 nitrogen and oxygen atoms in total. The Morgan fingerprint density at radius 2 is 2.03 bits per heavy atom. The fourth-order valence-electron chi connectivity index (χ4n) is 3.47. The van der Waals surface area contributed by atoms with Crippen molar-refractivity contribution >= 4 is 17.7 Å². The van der Waals surface area contributed by atoms with Crippen molar-refractivity contribution in [2.24, 2.45) is 5.92 Å². The number of amides is 1. The fourth-order valence-corrected chi connectivity index (χ4v) is 4.18. The van der Waals surface area contributed by atoms with Gasteiger partial charge in [-0.1, -0.05) is 13.8 Å². The van der Waals surface area contributed by atoms with Crippen LogP contribution >= 0.6 is 11.8 Å². The Bertz CT molecular complexity index is 617. The molecule has 2 rings (SSSR count). The van der Waals surface area contributed by atoms with E-state index in [1.807, 2.05) is 12.1 Å². The second-order valence-electron chi connectivity index (χ2n) is 7.63. The van der Waals surface area contributed by atoms with Crippen LogP contribution in [0.1, 0.15) is 45.2 Å². The molecule has 8 heteroatoms. The topological polar surface area (TPSA) is 70.1 Å². The van der Waals surface area contributed by atoms with Crippen molar-refractivity contribution in [3.05, 3.63) is 24.0 Å². The van der Waals surface area contributed by atoms with Crippen molar-refractivity contribution in [3.8, 4) is 5.75 Å². The van der Waals surface area contributed by atoms with Crippen molar-refractivity contribution in [2.75, 3.05) is 39.2 Å². The molecule has 170 valence electrons. The van der Waals surface area contributed by atoms with Gasteiger partial charge in [-0.3, -0.25) is 14.7 Å². The third kappa shape index (κ3) is 8.41. The quantitative estimate of drug-likeness (QED) is 0.433. The summed E-state index contributed by atoms with van der Waals surface area (Å²) in [6.45, 7) is 4.63. The number of nitrogens with zero attached hydrogens (tertiary/aromatic N) is 2. The van der Waals surface area contributed by atoms with Crippen LogP contribution in [0, 0.1) is 5.92 Å². The van der Waals surface area contributed by atoms with Gasteiger partial charge in [0.25, 0.3) is 0 Å². The molecule has 1 saturated carbocycles. The highest BCUT2D eigenvalue weighted by atomic mass is 32.2. The molecular formula is C22H36N2O5S. The first-order valence-corrected chi connectivity index (χ1v) is 11.8. The molecule has 1 fully saturated rings. The lowest BCUT2D eigenvalue weighted by atomic mass is 9.89. The minimum atomic E-state index is -0.425. The summed E-state index contributed by atoms with van der Waals surface area (Å²) >= 11 is 1.70. The van der Waals surface area contributed by atoms with E-state index in [1.54, 1.807) is 37.1 Å². The number of hydrogen-bond acceptors (Lipinski definition) is 7. The van der Waals surface area contributed by atoms with Crippen molar-refractivity contribution in [1.29, 1.82) is 0 Å². The summed E-state index contributed by atoms with van der Waals surface area (Å²) < 4.78 is 22.2. The minimum Gasteiger partial charge on any atom is -0.490 e. The van der Waals surface area contributed by atoms with Crippen LogP contribution in [-0.4, -0.2) is 67.4 Å². The van der Waals surface area contributed by atoms with Gasteiger partial charge in [0.2, 0.25) is 5.91 Å². The predicted molar refractivity (Wildman–Crippen MR) is 118 cm³/mol. The van der Waals surface area contributed by atoms with Gasteiger partial charge in [0.05, 0.1) is 18.2 Å². The maximum atomic E-state index is 13.0. The van der Waals surface area contributed by atoms with Gasteiger partial charge in [0.15, 0.2) is 0 Å². The van der Waals surface area contributed by atoms with Crippen LogP contribution in [0.3, 0.4) is 0 Å². The zero-order valence-corrected chi connectivity index (χ0v) is 19.5. The molecule has 0 N–H and O–H groups in total. The first kappa shape index (κ1) is 24.9. The molecule has 0 aromatic carbocycles. The largest absolute Gasteiger partial charge is 0.490 e. The molecule has 0 radical (unpaired) electrons. The highest BCUT2D eigenvalue weighted by Gasteiger charge is 2.25. The van der Waals surface area contributed by atoms with E-state index < -0.39 is 6.23 Å². The summed E-state index contributed by atoms with van der Waals surface area (Å²) in [5, 5.41) is 0. The summed E-state index contributed by atoms with van der Waals surface area (Å²) in [5.74, 6) is 3.03. The maximum Gasteiger partial charge on any atom is 0.232 e. The highest BCUT2D eigenvalue weighted by Crippen LogP contribution is 2.27. The van der Waals surface area contributed by atoms with Gasteiger partial charge >= 0.3 is 0 Å². The lowest BCUT2D eigenvalue weighted by molar-refractivity contribution is -0.167. The van der Waals surface area contributed by atoms with Crippen LogP contribution in [0.4, 0.5) is 0 Å². The molecule has 0 saturated heterocycles. The molecule has 1 amide bonds. The molecule has 0 aliphatic heterocycles. The van der Waals surface area contributed by atoms with Gasteiger partial charge in [-0.2, -0.15) is 11.8 Å². The number of hydrogen-bond donors (Lipinski definition) is 0. The number of aromatic nitrogens is 1. The Labute approximate surface area is 184 Å². The Balaban J connectivity index is 2.01. The molecule has 1 aliphatic rings. The first-order chi connectivity index (χ1) is 14.6. The number of thioether (sulfide) groups is 1. The fraction of sp³-hybridized carbons (Fsp3) is 0.727. The SMILES string of the molecule is CCSC[C@@H](OCOC)N(COC)C(=O)Cc1cc(OC2CCC(C)CC2)ccn1. The van der Waals surface area contributed by atoms with E-state index in [0.29, 0.717) is 11.4 Å². The number of pyridine rings is 1. The number of ether oxygens (including phenoxy) is 4. The standard InChI is InChI=1S/C22H36N2O5S/c1-5-30-14-22(28-16-27-4)24(15-26-3)21(25)13-18-12-20(10-11-23-18)29-19-8-6-17(2)7-9-19/h10-12,17,19,22H,5-9,13-16H2,1-4H3/t17?,19?,22-/m1/s1. The van der Waals surface area contributed by atoms with Crippen LogP contribution in [0.15, 0.2) is 18.3 Å². The smallest absolute Gasteiger partial charge is 0.232 e. The van der Waals surface area contributed by atoms with Crippen LogP contribution in [0.25, 0.3) is 0 Å². The van der Waals surface area contributed by atoms with Crippen molar-refractivity contribution in [2.45, 2.75) is 58.3 Å². The average Bonchev–Trinajstić information content (AvgIpc) is 2.74. The second-order valence-corrected chi connectivity index (χ2v) is 8.95. The third-order valence-electron chi connectivity index (χ3n) is 5.16. The predicted octanol–water partition coefficient (Wildman–Crippen LogP) is 3.71. The van der Waals surface area contributed by atoms with E-state index in [-0.39, 0.29) is 32.0 Å². The van der Waals surface area contributed by atoms with E-state index in [2.05, 4.69) is 18.8 Å². The van der Waals surface area contributed by atoms with E-state index in [1.165, 1.54) is 12.8 Å². The highest BCUT2D eigenvalue weighted by molar-refractivity contribution is 7.99. The Kier molecular flexibility index (Phi) is 11.5. The molecule has 1 aliphatic carbocycles. The number of carbonyl (C=O) groups excluding carboxylic acids is 1.